The second kappa shape index (κ2) is 5.61. The van der Waals surface area contributed by atoms with Crippen molar-refractivity contribution >= 4 is 5.91 Å². The summed E-state index contributed by atoms with van der Waals surface area (Å²) < 4.78 is 0. The van der Waals surface area contributed by atoms with Crippen LogP contribution in [0, 0.1) is 0 Å². The second-order valence-corrected chi connectivity index (χ2v) is 5.49. The Labute approximate surface area is 114 Å². The molecule has 0 saturated carbocycles. The number of fused-ring (bicyclic) bond motifs is 1. The molecule has 1 aromatic rings. The zero-order chi connectivity index (χ0) is 14.0. The predicted octanol–water partition coefficient (Wildman–Crippen LogP) is 1.79. The van der Waals surface area contributed by atoms with E-state index < -0.39 is 0 Å². The molecule has 1 aromatic carbocycles. The molecular weight excluding hydrogens is 240 g/mol. The third kappa shape index (κ3) is 3.07. The number of nitrogens with zero attached hydrogens (tertiary/aromatic N) is 2. The van der Waals surface area contributed by atoms with Crippen LogP contribution in [-0.4, -0.2) is 48.5 Å². The maximum absolute atomic E-state index is 11.8. The number of hydrogen-bond acceptors (Lipinski definition) is 3. The highest BCUT2D eigenvalue weighted by molar-refractivity contribution is 5.77. The van der Waals surface area contributed by atoms with E-state index in [1.807, 2.05) is 19.2 Å². The van der Waals surface area contributed by atoms with Gasteiger partial charge in [0.1, 0.15) is 5.75 Å². The van der Waals surface area contributed by atoms with Gasteiger partial charge in [-0.25, -0.2) is 0 Å². The molecule has 0 aromatic heterocycles. The van der Waals surface area contributed by atoms with Gasteiger partial charge in [0.15, 0.2) is 0 Å². The lowest BCUT2D eigenvalue weighted by Gasteiger charge is -2.33. The molecule has 0 radical (unpaired) electrons. The number of amides is 1. The molecule has 1 atom stereocenters. The lowest BCUT2D eigenvalue weighted by Crippen LogP contribution is -2.37. The standard InChI is InChI=1S/C15H22N2O2/c1-16(2)15(19)10-17(3)14-6-4-5-11-9-12(18)7-8-13(11)14/h7-9,14,18H,4-6,10H2,1-3H3. The fourth-order valence-electron chi connectivity index (χ4n) is 2.70. The number of phenols is 1. The summed E-state index contributed by atoms with van der Waals surface area (Å²) in [7, 11) is 5.56. The van der Waals surface area contributed by atoms with Crippen molar-refractivity contribution in [1.82, 2.24) is 9.80 Å². The van der Waals surface area contributed by atoms with Crippen LogP contribution in [0.5, 0.6) is 5.75 Å². The topological polar surface area (TPSA) is 43.8 Å². The number of benzene rings is 1. The number of likely N-dealkylation sites (N-methyl/N-ethyl adjacent to an activating group) is 2. The minimum Gasteiger partial charge on any atom is -0.508 e. The van der Waals surface area contributed by atoms with Crippen molar-refractivity contribution in [1.29, 1.82) is 0 Å². The number of carbonyl (C=O) groups excluding carboxylic acids is 1. The Morgan fingerprint density at radius 2 is 2.11 bits per heavy atom. The smallest absolute Gasteiger partial charge is 0.236 e. The van der Waals surface area contributed by atoms with Crippen LogP contribution < -0.4 is 0 Å². The average molecular weight is 262 g/mol. The Bertz CT molecular complexity index is 471. The molecule has 0 bridgehead atoms. The Kier molecular flexibility index (Phi) is 4.10. The minimum atomic E-state index is 0.119. The van der Waals surface area contributed by atoms with Gasteiger partial charge in [-0.3, -0.25) is 9.69 Å². The highest BCUT2D eigenvalue weighted by Crippen LogP contribution is 2.35. The highest BCUT2D eigenvalue weighted by Gasteiger charge is 2.25. The molecule has 0 spiro atoms. The first-order valence-corrected chi connectivity index (χ1v) is 6.71. The van der Waals surface area contributed by atoms with Gasteiger partial charge in [0.2, 0.25) is 5.91 Å². The summed E-state index contributed by atoms with van der Waals surface area (Å²) in [6.07, 6.45) is 3.17. The van der Waals surface area contributed by atoms with Gasteiger partial charge in [0.25, 0.3) is 0 Å². The van der Waals surface area contributed by atoms with Gasteiger partial charge in [0, 0.05) is 20.1 Å². The van der Waals surface area contributed by atoms with Gasteiger partial charge < -0.3 is 10.0 Å². The zero-order valence-electron chi connectivity index (χ0n) is 11.9. The van der Waals surface area contributed by atoms with Gasteiger partial charge >= 0.3 is 0 Å². The van der Waals surface area contributed by atoms with E-state index in [9.17, 15) is 9.90 Å². The minimum absolute atomic E-state index is 0.119. The summed E-state index contributed by atoms with van der Waals surface area (Å²) in [6, 6.07) is 5.85. The molecular formula is C15H22N2O2. The largest absolute Gasteiger partial charge is 0.508 e. The molecule has 1 amide bonds. The van der Waals surface area contributed by atoms with Gasteiger partial charge in [-0.05, 0) is 49.6 Å². The second-order valence-electron chi connectivity index (χ2n) is 5.49. The molecule has 0 aliphatic heterocycles. The van der Waals surface area contributed by atoms with Crippen molar-refractivity contribution in [2.45, 2.75) is 25.3 Å². The van der Waals surface area contributed by atoms with Gasteiger partial charge in [-0.1, -0.05) is 6.07 Å². The van der Waals surface area contributed by atoms with E-state index in [1.54, 1.807) is 25.1 Å². The Balaban J connectivity index is 2.16. The fraction of sp³-hybridized carbons (Fsp3) is 0.533. The molecule has 0 fully saturated rings. The first-order chi connectivity index (χ1) is 8.99. The molecule has 104 valence electrons. The quantitative estimate of drug-likeness (QED) is 0.903. The summed E-state index contributed by atoms with van der Waals surface area (Å²) in [6.45, 7) is 0.429. The number of hydrogen-bond donors (Lipinski definition) is 1. The first-order valence-electron chi connectivity index (χ1n) is 6.71. The summed E-state index contributed by atoms with van der Waals surface area (Å²) >= 11 is 0. The monoisotopic (exact) mass is 262 g/mol. The molecule has 1 aliphatic carbocycles. The van der Waals surface area contributed by atoms with E-state index in [0.29, 0.717) is 12.3 Å². The molecule has 1 aliphatic rings. The molecule has 1 N–H and O–H groups in total. The van der Waals surface area contributed by atoms with Crippen LogP contribution in [0.3, 0.4) is 0 Å². The first kappa shape index (κ1) is 13.9. The SMILES string of the molecule is CN(C)C(=O)CN(C)C1CCCc2cc(O)ccc21. The molecule has 19 heavy (non-hydrogen) atoms. The lowest BCUT2D eigenvalue weighted by molar-refractivity contribution is -0.130. The van der Waals surface area contributed by atoms with E-state index in [4.69, 9.17) is 0 Å². The number of phenolic OH excluding ortho intramolecular Hbond substituents is 1. The van der Waals surface area contributed by atoms with E-state index in [2.05, 4.69) is 4.90 Å². The van der Waals surface area contributed by atoms with Crippen LogP contribution in [0.1, 0.15) is 30.0 Å². The Morgan fingerprint density at radius 3 is 2.79 bits per heavy atom. The molecule has 1 unspecified atom stereocenters. The van der Waals surface area contributed by atoms with E-state index >= 15 is 0 Å². The molecule has 4 nitrogen and oxygen atoms in total. The fourth-order valence-corrected chi connectivity index (χ4v) is 2.70. The van der Waals surface area contributed by atoms with Gasteiger partial charge in [-0.2, -0.15) is 0 Å². The van der Waals surface area contributed by atoms with Crippen LogP contribution in [0.25, 0.3) is 0 Å². The number of aromatic hydroxyl groups is 1. The zero-order valence-corrected chi connectivity index (χ0v) is 11.9. The van der Waals surface area contributed by atoms with Crippen LogP contribution >= 0.6 is 0 Å². The van der Waals surface area contributed by atoms with Crippen molar-refractivity contribution < 1.29 is 9.90 Å². The summed E-state index contributed by atoms with van der Waals surface area (Å²) in [5.41, 5.74) is 2.46. The third-order valence-corrected chi connectivity index (χ3v) is 3.82. The maximum Gasteiger partial charge on any atom is 0.236 e. The summed E-state index contributed by atoms with van der Waals surface area (Å²) in [5, 5.41) is 9.56. The highest BCUT2D eigenvalue weighted by atomic mass is 16.3. The molecule has 0 heterocycles. The molecule has 2 rings (SSSR count). The van der Waals surface area contributed by atoms with E-state index in [-0.39, 0.29) is 11.9 Å². The van der Waals surface area contributed by atoms with Gasteiger partial charge in [0.05, 0.1) is 6.54 Å². The Morgan fingerprint density at radius 1 is 1.37 bits per heavy atom. The van der Waals surface area contributed by atoms with Crippen molar-refractivity contribution in [3.05, 3.63) is 29.3 Å². The van der Waals surface area contributed by atoms with Crippen molar-refractivity contribution in [3.63, 3.8) is 0 Å². The van der Waals surface area contributed by atoms with Crippen molar-refractivity contribution in [2.24, 2.45) is 0 Å². The van der Waals surface area contributed by atoms with E-state index in [1.165, 1.54) is 11.1 Å². The van der Waals surface area contributed by atoms with E-state index in [0.717, 1.165) is 19.3 Å². The molecule has 0 saturated heterocycles. The summed E-state index contributed by atoms with van der Waals surface area (Å²) in [4.78, 5) is 15.5. The number of aryl methyl sites for hydroxylation is 1. The molecule has 4 heteroatoms. The van der Waals surface area contributed by atoms with Gasteiger partial charge in [-0.15, -0.1) is 0 Å². The van der Waals surface area contributed by atoms with Crippen molar-refractivity contribution in [3.8, 4) is 5.75 Å². The van der Waals surface area contributed by atoms with Crippen molar-refractivity contribution in [2.75, 3.05) is 27.7 Å². The number of rotatable bonds is 3. The third-order valence-electron chi connectivity index (χ3n) is 3.82. The van der Waals surface area contributed by atoms with Crippen LogP contribution in [0.4, 0.5) is 0 Å². The van der Waals surface area contributed by atoms with Crippen LogP contribution in [0.2, 0.25) is 0 Å². The average Bonchev–Trinajstić information content (AvgIpc) is 2.37. The normalized spacial score (nSPS) is 18.2. The predicted molar refractivity (Wildman–Crippen MR) is 75.1 cm³/mol. The summed E-state index contributed by atoms with van der Waals surface area (Å²) in [5.74, 6) is 0.444. The number of carbonyl (C=O) groups is 1. The maximum atomic E-state index is 11.8. The van der Waals surface area contributed by atoms with Crippen LogP contribution in [0.15, 0.2) is 18.2 Å². The Hall–Kier alpha value is -1.55. The lowest BCUT2D eigenvalue weighted by atomic mass is 9.87. The van der Waals surface area contributed by atoms with Crippen LogP contribution in [-0.2, 0) is 11.2 Å².